The van der Waals surface area contributed by atoms with Crippen molar-refractivity contribution in [2.24, 2.45) is 5.84 Å². The van der Waals surface area contributed by atoms with E-state index in [2.05, 4.69) is 39.3 Å². The highest BCUT2D eigenvalue weighted by Crippen LogP contribution is 2.24. The Morgan fingerprint density at radius 3 is 2.58 bits per heavy atom. The number of hydrazine groups is 1. The molecule has 1 aliphatic rings. The lowest BCUT2D eigenvalue weighted by atomic mass is 10.0. The second kappa shape index (κ2) is 6.40. The number of nitrogen functional groups attached to an aromatic ring is 1. The molecule has 0 amide bonds. The fourth-order valence-corrected chi connectivity index (χ4v) is 2.73. The summed E-state index contributed by atoms with van der Waals surface area (Å²) in [6.45, 7) is 2.05. The van der Waals surface area contributed by atoms with Crippen molar-refractivity contribution in [3.05, 3.63) is 6.07 Å². The standard InChI is InChI=1S/C12H22N6S/c1-17(2)9-4-6-18(7-5-9)11-8-10(16-13)14-12(15-11)19-3/h8-9H,4-7,13H2,1-3H3,(H,14,15,16). The number of nitrogens with two attached hydrogens (primary N) is 1. The van der Waals surface area contributed by atoms with Gasteiger partial charge in [0.1, 0.15) is 11.6 Å². The second-order valence-electron chi connectivity index (χ2n) is 4.92. The minimum atomic E-state index is 0.670. The molecule has 0 spiro atoms. The highest BCUT2D eigenvalue weighted by atomic mass is 32.2. The molecule has 0 saturated carbocycles. The van der Waals surface area contributed by atoms with Crippen LogP contribution in [-0.2, 0) is 0 Å². The van der Waals surface area contributed by atoms with E-state index in [-0.39, 0.29) is 0 Å². The van der Waals surface area contributed by atoms with Crippen molar-refractivity contribution in [3.8, 4) is 0 Å². The SMILES string of the molecule is CSc1nc(NN)cc(N2CCC(N(C)C)CC2)n1. The summed E-state index contributed by atoms with van der Waals surface area (Å²) < 4.78 is 0. The average molecular weight is 282 g/mol. The van der Waals surface area contributed by atoms with Gasteiger partial charge in [-0.25, -0.2) is 15.8 Å². The third-order valence-corrected chi connectivity index (χ3v) is 4.09. The molecule has 0 atom stereocenters. The number of nitrogens with zero attached hydrogens (tertiary/aromatic N) is 4. The maximum atomic E-state index is 5.46. The summed E-state index contributed by atoms with van der Waals surface area (Å²) in [5.41, 5.74) is 2.61. The van der Waals surface area contributed by atoms with Gasteiger partial charge in [0.05, 0.1) is 0 Å². The van der Waals surface area contributed by atoms with Crippen LogP contribution in [0.5, 0.6) is 0 Å². The molecule has 1 aromatic rings. The maximum Gasteiger partial charge on any atom is 0.191 e. The topological polar surface area (TPSA) is 70.3 Å². The number of nitrogens with one attached hydrogen (secondary N) is 1. The molecule has 0 radical (unpaired) electrons. The number of piperidine rings is 1. The van der Waals surface area contributed by atoms with Gasteiger partial charge >= 0.3 is 0 Å². The fraction of sp³-hybridized carbons (Fsp3) is 0.667. The quantitative estimate of drug-likeness (QED) is 0.370. The van der Waals surface area contributed by atoms with Crippen LogP contribution in [0.1, 0.15) is 12.8 Å². The van der Waals surface area contributed by atoms with Gasteiger partial charge in [0.15, 0.2) is 5.16 Å². The summed E-state index contributed by atoms with van der Waals surface area (Å²) in [4.78, 5) is 13.5. The predicted molar refractivity (Wildman–Crippen MR) is 80.5 cm³/mol. The third-order valence-electron chi connectivity index (χ3n) is 3.54. The molecule has 1 saturated heterocycles. The highest BCUT2D eigenvalue weighted by molar-refractivity contribution is 7.98. The van der Waals surface area contributed by atoms with E-state index < -0.39 is 0 Å². The van der Waals surface area contributed by atoms with Gasteiger partial charge in [-0.3, -0.25) is 0 Å². The molecule has 106 valence electrons. The van der Waals surface area contributed by atoms with Gasteiger partial charge < -0.3 is 15.2 Å². The first-order valence-electron chi connectivity index (χ1n) is 6.45. The Balaban J connectivity index is 2.10. The molecule has 19 heavy (non-hydrogen) atoms. The van der Waals surface area contributed by atoms with Crippen molar-refractivity contribution in [2.45, 2.75) is 24.0 Å². The minimum absolute atomic E-state index is 0.670. The van der Waals surface area contributed by atoms with Crippen LogP contribution in [0.4, 0.5) is 11.6 Å². The number of aromatic nitrogens is 2. The van der Waals surface area contributed by atoms with Crippen molar-refractivity contribution in [3.63, 3.8) is 0 Å². The smallest absolute Gasteiger partial charge is 0.191 e. The molecule has 2 rings (SSSR count). The first-order chi connectivity index (χ1) is 9.13. The lowest BCUT2D eigenvalue weighted by Crippen LogP contribution is -2.42. The summed E-state index contributed by atoms with van der Waals surface area (Å²) in [6.07, 6.45) is 4.30. The zero-order valence-electron chi connectivity index (χ0n) is 11.8. The summed E-state index contributed by atoms with van der Waals surface area (Å²) in [5.74, 6) is 7.09. The zero-order valence-corrected chi connectivity index (χ0v) is 12.6. The van der Waals surface area contributed by atoms with Gasteiger partial charge in [0.2, 0.25) is 0 Å². The summed E-state index contributed by atoms with van der Waals surface area (Å²) in [6, 6.07) is 2.58. The van der Waals surface area contributed by atoms with Crippen LogP contribution in [0.3, 0.4) is 0 Å². The van der Waals surface area contributed by atoms with E-state index in [1.807, 2.05) is 12.3 Å². The average Bonchev–Trinajstić information content (AvgIpc) is 2.46. The molecule has 3 N–H and O–H groups in total. The molecule has 2 heterocycles. The fourth-order valence-electron chi connectivity index (χ4n) is 2.35. The van der Waals surface area contributed by atoms with Crippen LogP contribution in [0.15, 0.2) is 11.2 Å². The van der Waals surface area contributed by atoms with E-state index in [4.69, 9.17) is 5.84 Å². The molecule has 6 nitrogen and oxygen atoms in total. The monoisotopic (exact) mass is 282 g/mol. The van der Waals surface area contributed by atoms with E-state index in [0.29, 0.717) is 11.9 Å². The Labute approximate surface area is 118 Å². The highest BCUT2D eigenvalue weighted by Gasteiger charge is 2.22. The molecular formula is C12H22N6S. The molecule has 1 fully saturated rings. The molecule has 0 aromatic carbocycles. The van der Waals surface area contributed by atoms with E-state index in [1.54, 1.807) is 0 Å². The Kier molecular flexibility index (Phi) is 4.84. The van der Waals surface area contributed by atoms with Crippen LogP contribution in [0, 0.1) is 0 Å². The Bertz CT molecular complexity index is 394. The maximum absolute atomic E-state index is 5.46. The molecule has 0 bridgehead atoms. The van der Waals surface area contributed by atoms with Gasteiger partial charge in [-0.05, 0) is 33.2 Å². The Morgan fingerprint density at radius 1 is 1.37 bits per heavy atom. The lowest BCUT2D eigenvalue weighted by molar-refractivity contribution is 0.249. The van der Waals surface area contributed by atoms with Crippen LogP contribution >= 0.6 is 11.8 Å². The van der Waals surface area contributed by atoms with E-state index in [0.717, 1.165) is 36.9 Å². The normalized spacial score (nSPS) is 17.0. The van der Waals surface area contributed by atoms with Gasteiger partial charge in [0.25, 0.3) is 0 Å². The molecule has 0 unspecified atom stereocenters. The summed E-state index contributed by atoms with van der Waals surface area (Å²) in [5, 5.41) is 0.750. The van der Waals surface area contributed by atoms with Crippen LogP contribution in [0.25, 0.3) is 0 Å². The van der Waals surface area contributed by atoms with E-state index >= 15 is 0 Å². The van der Waals surface area contributed by atoms with Crippen molar-refractivity contribution in [1.29, 1.82) is 0 Å². The van der Waals surface area contributed by atoms with Gasteiger partial charge in [0, 0.05) is 25.2 Å². The first-order valence-corrected chi connectivity index (χ1v) is 7.67. The number of rotatable bonds is 4. The van der Waals surface area contributed by atoms with Gasteiger partial charge in [-0.2, -0.15) is 0 Å². The number of hydrogen-bond acceptors (Lipinski definition) is 7. The number of thioether (sulfide) groups is 1. The lowest BCUT2D eigenvalue weighted by Gasteiger charge is -2.35. The second-order valence-corrected chi connectivity index (χ2v) is 5.70. The van der Waals surface area contributed by atoms with Crippen LogP contribution in [0.2, 0.25) is 0 Å². The predicted octanol–water partition coefficient (Wildman–Crippen LogP) is 1.01. The van der Waals surface area contributed by atoms with Gasteiger partial charge in [-0.1, -0.05) is 11.8 Å². The molecule has 1 aliphatic heterocycles. The minimum Gasteiger partial charge on any atom is -0.356 e. The van der Waals surface area contributed by atoms with E-state index in [1.165, 1.54) is 11.8 Å². The Morgan fingerprint density at radius 2 is 2.05 bits per heavy atom. The zero-order chi connectivity index (χ0) is 13.8. The van der Waals surface area contributed by atoms with Gasteiger partial charge in [-0.15, -0.1) is 0 Å². The van der Waals surface area contributed by atoms with E-state index in [9.17, 15) is 0 Å². The summed E-state index contributed by atoms with van der Waals surface area (Å²) >= 11 is 1.53. The molecule has 0 aliphatic carbocycles. The number of anilines is 2. The van der Waals surface area contributed by atoms with Crippen molar-refractivity contribution < 1.29 is 0 Å². The molecule has 7 heteroatoms. The van der Waals surface area contributed by atoms with Crippen molar-refractivity contribution >= 4 is 23.4 Å². The summed E-state index contributed by atoms with van der Waals surface area (Å²) in [7, 11) is 4.29. The van der Waals surface area contributed by atoms with Crippen LogP contribution in [-0.4, -0.2) is 54.4 Å². The first kappa shape index (κ1) is 14.4. The Hall–Kier alpha value is -1.05. The van der Waals surface area contributed by atoms with Crippen molar-refractivity contribution in [1.82, 2.24) is 14.9 Å². The number of hydrogen-bond donors (Lipinski definition) is 2. The van der Waals surface area contributed by atoms with Crippen LogP contribution < -0.4 is 16.2 Å². The molecule has 1 aromatic heterocycles. The van der Waals surface area contributed by atoms with Crippen molar-refractivity contribution in [2.75, 3.05) is 43.8 Å². The molecular weight excluding hydrogens is 260 g/mol. The third kappa shape index (κ3) is 3.49. The largest absolute Gasteiger partial charge is 0.356 e.